The predicted molar refractivity (Wildman–Crippen MR) is 104 cm³/mol. The average Bonchev–Trinajstić information content (AvgIpc) is 3.17. The lowest BCUT2D eigenvalue weighted by Gasteiger charge is -2.07. The number of aromatic nitrogens is 1. The van der Waals surface area contributed by atoms with E-state index in [9.17, 15) is 4.39 Å². The number of aromatic amines is 1. The molecule has 4 nitrogen and oxygen atoms in total. The topological polar surface area (TPSA) is 43.5 Å². The van der Waals surface area contributed by atoms with Gasteiger partial charge in [0.25, 0.3) is 0 Å². The van der Waals surface area contributed by atoms with Crippen LogP contribution in [0.25, 0.3) is 10.9 Å². The highest BCUT2D eigenvalue weighted by Gasteiger charge is 1.96. The molecule has 27 heavy (non-hydrogen) atoms. The van der Waals surface area contributed by atoms with E-state index in [0.29, 0.717) is 26.4 Å². The molecule has 3 rings (SSSR count). The smallest absolute Gasteiger partial charge is 0.119 e. The van der Waals surface area contributed by atoms with Gasteiger partial charge in [-0.05, 0) is 48.5 Å². The summed E-state index contributed by atoms with van der Waals surface area (Å²) in [6.07, 6.45) is 1.92. The minimum atomic E-state index is -0.467. The van der Waals surface area contributed by atoms with Crippen molar-refractivity contribution < 1.29 is 18.6 Å². The molecule has 5 heteroatoms. The lowest BCUT2D eigenvalue weighted by atomic mass is 10.1. The minimum Gasteiger partial charge on any atom is -0.491 e. The summed E-state index contributed by atoms with van der Waals surface area (Å²) in [7, 11) is 0. The van der Waals surface area contributed by atoms with Gasteiger partial charge in [-0.15, -0.1) is 0 Å². The Bertz CT molecular complexity index is 893. The zero-order valence-electron chi connectivity index (χ0n) is 15.0. The number of hydrogen-bond donors (Lipinski definition) is 1. The summed E-state index contributed by atoms with van der Waals surface area (Å²) in [5, 5.41) is 1.15. The fraction of sp³-hybridized carbons (Fsp3) is 0.273. The van der Waals surface area contributed by atoms with Gasteiger partial charge in [0.05, 0.1) is 26.4 Å². The Labute approximate surface area is 158 Å². The van der Waals surface area contributed by atoms with E-state index >= 15 is 0 Å². The highest BCUT2D eigenvalue weighted by atomic mass is 18.2. The van der Waals surface area contributed by atoms with Crippen LogP contribution in [0.2, 0.25) is 0 Å². The maximum atomic E-state index is 11.8. The summed E-state index contributed by atoms with van der Waals surface area (Å²) >= 11 is 0. The highest BCUT2D eigenvalue weighted by molar-refractivity contribution is 5.80. The monoisotopic (exact) mass is 366 g/mol. The molecule has 0 amide bonds. The third kappa shape index (κ3) is 6.14. The standard InChI is InChI=1S/C22H22FNO3/c23-10-12-25-13-14-26-15-16-27-21-6-3-18(4-7-21)1-2-19-5-8-22-20(17-19)9-11-24-22/h3-9,11,17,24H,10,12-16H2/i23-1. The molecule has 0 aliphatic rings. The van der Waals surface area contributed by atoms with Crippen LogP contribution in [0.1, 0.15) is 11.1 Å². The van der Waals surface area contributed by atoms with E-state index in [1.807, 2.05) is 48.7 Å². The van der Waals surface area contributed by atoms with Crippen LogP contribution in [0.3, 0.4) is 0 Å². The SMILES string of the molecule is [18F]CCOCCOCCOc1ccc(C#Cc2ccc3[nH]ccc3c2)cc1. The van der Waals surface area contributed by atoms with Crippen LogP contribution in [-0.4, -0.2) is 44.7 Å². The summed E-state index contributed by atoms with van der Waals surface area (Å²) in [6.45, 7) is 1.40. The molecule has 0 radical (unpaired) electrons. The van der Waals surface area contributed by atoms with Gasteiger partial charge in [-0.3, -0.25) is 0 Å². The maximum Gasteiger partial charge on any atom is 0.119 e. The lowest BCUT2D eigenvalue weighted by molar-refractivity contribution is 0.0325. The number of fused-ring (bicyclic) bond motifs is 1. The lowest BCUT2D eigenvalue weighted by Crippen LogP contribution is -2.11. The van der Waals surface area contributed by atoms with Crippen molar-refractivity contribution >= 4 is 10.9 Å². The molecule has 0 aliphatic heterocycles. The van der Waals surface area contributed by atoms with Crippen molar-refractivity contribution in [2.45, 2.75) is 0 Å². The molecule has 1 heterocycles. The number of nitrogens with one attached hydrogen (secondary N) is 1. The Hall–Kier alpha value is -2.81. The van der Waals surface area contributed by atoms with Crippen LogP contribution in [0.15, 0.2) is 54.7 Å². The zero-order valence-corrected chi connectivity index (χ0v) is 15.0. The molecule has 2 aromatic carbocycles. The van der Waals surface area contributed by atoms with Crippen molar-refractivity contribution in [1.29, 1.82) is 0 Å². The summed E-state index contributed by atoms with van der Waals surface area (Å²) in [5.41, 5.74) is 3.02. The first kappa shape index (κ1) is 19.0. The maximum absolute atomic E-state index is 11.8. The van der Waals surface area contributed by atoms with Crippen LogP contribution in [0.5, 0.6) is 5.75 Å². The number of ether oxygens (including phenoxy) is 3. The average molecular weight is 366 g/mol. The van der Waals surface area contributed by atoms with E-state index in [1.54, 1.807) is 0 Å². The fourth-order valence-corrected chi connectivity index (χ4v) is 2.50. The van der Waals surface area contributed by atoms with Gasteiger partial charge in [0.2, 0.25) is 0 Å². The van der Waals surface area contributed by atoms with Crippen molar-refractivity contribution in [3.63, 3.8) is 0 Å². The van der Waals surface area contributed by atoms with E-state index in [0.717, 1.165) is 27.8 Å². The van der Waals surface area contributed by atoms with E-state index in [-0.39, 0.29) is 6.61 Å². The Morgan fingerprint density at radius 3 is 2.30 bits per heavy atom. The molecule has 0 atom stereocenters. The van der Waals surface area contributed by atoms with Crippen molar-refractivity contribution in [2.24, 2.45) is 0 Å². The number of benzene rings is 2. The van der Waals surface area contributed by atoms with Gasteiger partial charge in [-0.25, -0.2) is 4.39 Å². The Morgan fingerprint density at radius 1 is 0.778 bits per heavy atom. The van der Waals surface area contributed by atoms with Crippen molar-refractivity contribution in [2.75, 3.05) is 39.7 Å². The quantitative estimate of drug-likeness (QED) is 0.461. The Balaban J connectivity index is 1.42. The molecule has 0 saturated heterocycles. The van der Waals surface area contributed by atoms with E-state index in [4.69, 9.17) is 14.2 Å². The normalized spacial score (nSPS) is 10.6. The summed E-state index contributed by atoms with van der Waals surface area (Å²) in [4.78, 5) is 3.17. The van der Waals surface area contributed by atoms with Gasteiger partial charge < -0.3 is 19.2 Å². The van der Waals surface area contributed by atoms with E-state index in [2.05, 4.69) is 22.9 Å². The molecule has 0 bridgehead atoms. The van der Waals surface area contributed by atoms with E-state index < -0.39 is 6.67 Å². The molecular formula is C22H22FNO3. The largest absolute Gasteiger partial charge is 0.491 e. The Kier molecular flexibility index (Phi) is 7.28. The Morgan fingerprint density at radius 2 is 1.48 bits per heavy atom. The summed E-state index contributed by atoms with van der Waals surface area (Å²) in [5.74, 6) is 7.12. The second kappa shape index (κ2) is 10.4. The van der Waals surface area contributed by atoms with Gasteiger partial charge >= 0.3 is 0 Å². The van der Waals surface area contributed by atoms with Crippen molar-refractivity contribution in [3.8, 4) is 17.6 Å². The summed E-state index contributed by atoms with van der Waals surface area (Å²) < 4.78 is 27.8. The third-order valence-corrected chi connectivity index (χ3v) is 3.85. The molecule has 3 aromatic rings. The number of hydrogen-bond acceptors (Lipinski definition) is 3. The number of rotatable bonds is 9. The van der Waals surface area contributed by atoms with Gasteiger partial charge in [0, 0.05) is 28.2 Å². The van der Waals surface area contributed by atoms with Crippen LogP contribution in [0, 0.1) is 11.8 Å². The molecule has 0 fully saturated rings. The summed E-state index contributed by atoms with van der Waals surface area (Å²) in [6, 6.07) is 15.8. The zero-order chi connectivity index (χ0) is 18.7. The minimum absolute atomic E-state index is 0.121. The highest BCUT2D eigenvalue weighted by Crippen LogP contribution is 2.14. The third-order valence-electron chi connectivity index (χ3n) is 3.85. The van der Waals surface area contributed by atoms with Gasteiger partial charge in [-0.2, -0.15) is 0 Å². The molecule has 1 aromatic heterocycles. The first-order valence-electron chi connectivity index (χ1n) is 8.88. The molecule has 1 N–H and O–H groups in total. The first-order chi connectivity index (χ1) is 13.3. The van der Waals surface area contributed by atoms with Crippen LogP contribution in [-0.2, 0) is 9.47 Å². The van der Waals surface area contributed by atoms with Crippen molar-refractivity contribution in [1.82, 2.24) is 4.98 Å². The van der Waals surface area contributed by atoms with Gasteiger partial charge in [0.1, 0.15) is 19.0 Å². The molecule has 0 aliphatic carbocycles. The number of H-pyrrole nitrogens is 1. The van der Waals surface area contributed by atoms with E-state index in [1.165, 1.54) is 0 Å². The van der Waals surface area contributed by atoms with Crippen LogP contribution >= 0.6 is 0 Å². The van der Waals surface area contributed by atoms with Gasteiger partial charge in [-0.1, -0.05) is 11.8 Å². The van der Waals surface area contributed by atoms with Crippen molar-refractivity contribution in [3.05, 3.63) is 65.9 Å². The van der Waals surface area contributed by atoms with Crippen LogP contribution in [0.4, 0.5) is 4.39 Å². The molecule has 0 unspecified atom stereocenters. The molecule has 0 saturated carbocycles. The second-order valence-corrected chi connectivity index (χ2v) is 5.82. The molecule has 140 valence electrons. The fourth-order valence-electron chi connectivity index (χ4n) is 2.50. The first-order valence-corrected chi connectivity index (χ1v) is 8.88. The predicted octanol–water partition coefficient (Wildman–Crippen LogP) is 3.95. The molecular weight excluding hydrogens is 344 g/mol. The second-order valence-electron chi connectivity index (χ2n) is 5.82. The number of halogens is 1. The van der Waals surface area contributed by atoms with Crippen LogP contribution < -0.4 is 4.74 Å². The number of alkyl halides is 1. The van der Waals surface area contributed by atoms with Gasteiger partial charge in [0.15, 0.2) is 0 Å². The molecule has 0 spiro atoms.